The second kappa shape index (κ2) is 4.97. The van der Waals surface area contributed by atoms with Crippen LogP contribution in [0.15, 0.2) is 6.20 Å². The molecule has 4 nitrogen and oxygen atoms in total. The smallest absolute Gasteiger partial charge is 0.114 e. The van der Waals surface area contributed by atoms with Crippen LogP contribution >= 0.6 is 0 Å². The highest BCUT2D eigenvalue weighted by Crippen LogP contribution is 2.26. The van der Waals surface area contributed by atoms with Crippen LogP contribution < -0.4 is 0 Å². The lowest BCUT2D eigenvalue weighted by atomic mass is 10.0. The van der Waals surface area contributed by atoms with Crippen molar-refractivity contribution in [3.8, 4) is 0 Å². The Kier molecular flexibility index (Phi) is 3.61. The molecule has 0 fully saturated rings. The van der Waals surface area contributed by atoms with Crippen molar-refractivity contribution in [2.75, 3.05) is 27.2 Å². The lowest BCUT2D eigenvalue weighted by Crippen LogP contribution is -2.18. The molecule has 0 spiro atoms. The predicted molar refractivity (Wildman–Crippen MR) is 63.5 cm³/mol. The third-order valence-corrected chi connectivity index (χ3v) is 3.21. The predicted octanol–water partition coefficient (Wildman–Crippen LogP) is 0.857. The van der Waals surface area contributed by atoms with E-state index in [4.69, 9.17) is 0 Å². The van der Waals surface area contributed by atoms with Crippen LogP contribution in [0.1, 0.15) is 30.3 Å². The largest absolute Gasteiger partial charge is 0.396 e. The van der Waals surface area contributed by atoms with Crippen molar-refractivity contribution in [2.24, 2.45) is 0 Å². The summed E-state index contributed by atoms with van der Waals surface area (Å²) in [5.74, 6) is 1.34. The summed E-state index contributed by atoms with van der Waals surface area (Å²) in [6.07, 6.45) is 5.37. The van der Waals surface area contributed by atoms with E-state index in [1.165, 1.54) is 0 Å². The van der Waals surface area contributed by atoms with Gasteiger partial charge in [-0.2, -0.15) is 0 Å². The van der Waals surface area contributed by atoms with Crippen LogP contribution in [0.2, 0.25) is 0 Å². The topological polar surface area (TPSA) is 41.3 Å². The van der Waals surface area contributed by atoms with Gasteiger partial charge in [-0.15, -0.1) is 0 Å². The van der Waals surface area contributed by atoms with Crippen LogP contribution in [0.3, 0.4) is 0 Å². The highest BCUT2D eigenvalue weighted by molar-refractivity contribution is 5.11. The first-order chi connectivity index (χ1) is 7.70. The van der Waals surface area contributed by atoms with Crippen LogP contribution in [0.25, 0.3) is 0 Å². The molecule has 1 aliphatic rings. The Balaban J connectivity index is 2.09. The van der Waals surface area contributed by atoms with E-state index in [2.05, 4.69) is 34.7 Å². The molecular formula is C12H21N3O. The van der Waals surface area contributed by atoms with Gasteiger partial charge in [0, 0.05) is 31.6 Å². The molecule has 1 aromatic rings. The number of hydrogen-bond donors (Lipinski definition) is 1. The zero-order valence-electron chi connectivity index (χ0n) is 10.2. The summed E-state index contributed by atoms with van der Waals surface area (Å²) in [5, 5.41) is 9.30. The Labute approximate surface area is 96.9 Å². The molecule has 1 unspecified atom stereocenters. The SMILES string of the molecule is CN(C)CCc1cn2c(n1)C(CO)CCC2. The first-order valence-electron chi connectivity index (χ1n) is 6.02. The molecule has 0 amide bonds. The minimum absolute atomic E-state index is 0.226. The van der Waals surface area contributed by atoms with Crippen LogP contribution in [0.4, 0.5) is 0 Å². The summed E-state index contributed by atoms with van der Waals surface area (Å²) >= 11 is 0. The van der Waals surface area contributed by atoms with Crippen molar-refractivity contribution in [3.63, 3.8) is 0 Å². The van der Waals surface area contributed by atoms with Gasteiger partial charge in [0.1, 0.15) is 5.82 Å². The highest BCUT2D eigenvalue weighted by Gasteiger charge is 2.21. The van der Waals surface area contributed by atoms with Gasteiger partial charge in [0.05, 0.1) is 12.3 Å². The molecule has 1 N–H and O–H groups in total. The fraction of sp³-hybridized carbons (Fsp3) is 0.750. The normalized spacial score (nSPS) is 20.1. The first kappa shape index (κ1) is 11.6. The zero-order valence-corrected chi connectivity index (χ0v) is 10.2. The third kappa shape index (κ3) is 2.44. The monoisotopic (exact) mass is 223 g/mol. The van der Waals surface area contributed by atoms with E-state index in [9.17, 15) is 5.11 Å². The maximum Gasteiger partial charge on any atom is 0.114 e. The molecule has 90 valence electrons. The minimum Gasteiger partial charge on any atom is -0.396 e. The van der Waals surface area contributed by atoms with Gasteiger partial charge in [0.25, 0.3) is 0 Å². The van der Waals surface area contributed by atoms with Crippen molar-refractivity contribution in [2.45, 2.75) is 31.7 Å². The maximum absolute atomic E-state index is 9.30. The minimum atomic E-state index is 0.226. The Hall–Kier alpha value is -0.870. The molecule has 16 heavy (non-hydrogen) atoms. The van der Waals surface area contributed by atoms with E-state index >= 15 is 0 Å². The Morgan fingerprint density at radius 1 is 1.56 bits per heavy atom. The van der Waals surface area contributed by atoms with Gasteiger partial charge in [-0.25, -0.2) is 4.98 Å². The molecule has 0 saturated heterocycles. The lowest BCUT2D eigenvalue weighted by molar-refractivity contribution is 0.238. The quantitative estimate of drug-likeness (QED) is 0.823. The van der Waals surface area contributed by atoms with Gasteiger partial charge in [-0.05, 0) is 26.9 Å². The number of nitrogens with zero attached hydrogens (tertiary/aromatic N) is 3. The average Bonchev–Trinajstić information content (AvgIpc) is 2.68. The van der Waals surface area contributed by atoms with Crippen molar-refractivity contribution < 1.29 is 5.11 Å². The number of aliphatic hydroxyl groups is 1. The molecule has 2 rings (SSSR count). The van der Waals surface area contributed by atoms with Gasteiger partial charge >= 0.3 is 0 Å². The number of aliphatic hydroxyl groups excluding tert-OH is 1. The van der Waals surface area contributed by atoms with Crippen molar-refractivity contribution in [1.29, 1.82) is 0 Å². The van der Waals surface area contributed by atoms with Crippen molar-refractivity contribution >= 4 is 0 Å². The van der Waals surface area contributed by atoms with Gasteiger partial charge in [-0.1, -0.05) is 0 Å². The standard InChI is InChI=1S/C12H21N3O/c1-14(2)7-5-11-8-15-6-3-4-10(9-16)12(15)13-11/h8,10,16H,3-7,9H2,1-2H3. The first-order valence-corrected chi connectivity index (χ1v) is 6.02. The average molecular weight is 223 g/mol. The van der Waals surface area contributed by atoms with Crippen LogP contribution in [0.5, 0.6) is 0 Å². The van der Waals surface area contributed by atoms with Crippen molar-refractivity contribution in [3.05, 3.63) is 17.7 Å². The van der Waals surface area contributed by atoms with E-state index in [1.807, 2.05) is 0 Å². The second-order valence-corrected chi connectivity index (χ2v) is 4.86. The number of hydrogen-bond acceptors (Lipinski definition) is 3. The van der Waals surface area contributed by atoms with Gasteiger partial charge in [0.15, 0.2) is 0 Å². The van der Waals surface area contributed by atoms with E-state index < -0.39 is 0 Å². The Bertz CT molecular complexity index is 346. The van der Waals surface area contributed by atoms with Gasteiger partial charge < -0.3 is 14.6 Å². The van der Waals surface area contributed by atoms with E-state index in [-0.39, 0.29) is 12.5 Å². The molecule has 4 heteroatoms. The third-order valence-electron chi connectivity index (χ3n) is 3.21. The fourth-order valence-electron chi connectivity index (χ4n) is 2.26. The number of likely N-dealkylation sites (N-methyl/N-ethyl adjacent to an activating group) is 1. The molecule has 0 bridgehead atoms. The zero-order chi connectivity index (χ0) is 11.5. The molecule has 0 saturated carbocycles. The molecule has 0 aromatic carbocycles. The molecule has 2 heterocycles. The second-order valence-electron chi connectivity index (χ2n) is 4.86. The highest BCUT2D eigenvalue weighted by atomic mass is 16.3. The number of aromatic nitrogens is 2. The van der Waals surface area contributed by atoms with Crippen LogP contribution in [-0.2, 0) is 13.0 Å². The molecule has 1 aromatic heterocycles. The summed E-state index contributed by atoms with van der Waals surface area (Å²) in [6, 6.07) is 0. The summed E-state index contributed by atoms with van der Waals surface area (Å²) in [6.45, 7) is 2.31. The number of fused-ring (bicyclic) bond motifs is 1. The number of imidazole rings is 1. The maximum atomic E-state index is 9.30. The Morgan fingerprint density at radius 3 is 3.06 bits per heavy atom. The van der Waals surface area contributed by atoms with Crippen LogP contribution in [0, 0.1) is 0 Å². The summed E-state index contributed by atoms with van der Waals surface area (Å²) in [4.78, 5) is 6.82. The Morgan fingerprint density at radius 2 is 2.38 bits per heavy atom. The molecule has 0 aliphatic carbocycles. The summed E-state index contributed by atoms with van der Waals surface area (Å²) in [7, 11) is 4.15. The molecular weight excluding hydrogens is 202 g/mol. The number of aryl methyl sites for hydroxylation is 1. The summed E-state index contributed by atoms with van der Waals surface area (Å²) < 4.78 is 2.22. The van der Waals surface area contributed by atoms with E-state index in [0.717, 1.165) is 43.9 Å². The number of rotatable bonds is 4. The molecule has 1 aliphatic heterocycles. The van der Waals surface area contributed by atoms with E-state index in [0.29, 0.717) is 0 Å². The van der Waals surface area contributed by atoms with Gasteiger partial charge in [0.2, 0.25) is 0 Å². The van der Waals surface area contributed by atoms with Crippen molar-refractivity contribution in [1.82, 2.24) is 14.5 Å². The fourth-order valence-corrected chi connectivity index (χ4v) is 2.26. The van der Waals surface area contributed by atoms with Gasteiger partial charge in [-0.3, -0.25) is 0 Å². The molecule has 0 radical (unpaired) electrons. The lowest BCUT2D eigenvalue weighted by Gasteiger charge is -2.21. The van der Waals surface area contributed by atoms with E-state index in [1.54, 1.807) is 0 Å². The summed E-state index contributed by atoms with van der Waals surface area (Å²) in [5.41, 5.74) is 1.16. The van der Waals surface area contributed by atoms with Crippen LogP contribution in [-0.4, -0.2) is 46.8 Å². The molecule has 1 atom stereocenters.